The first-order valence-electron chi connectivity index (χ1n) is 4.48. The molecular formula is C10H10Br2N2O2. The molecule has 1 N–H and O–H groups in total. The molecule has 86 valence electrons. The van der Waals surface area contributed by atoms with Gasteiger partial charge in [-0.05, 0) is 21.5 Å². The molecule has 6 heteroatoms. The van der Waals surface area contributed by atoms with E-state index in [1.54, 1.807) is 6.07 Å². The maximum absolute atomic E-state index is 10.7. The Hall–Kier alpha value is -0.720. The van der Waals surface area contributed by atoms with Gasteiger partial charge in [-0.2, -0.15) is 0 Å². The van der Waals surface area contributed by atoms with Crippen LogP contribution in [0, 0.1) is 10.1 Å². The summed E-state index contributed by atoms with van der Waals surface area (Å²) in [6, 6.07) is 4.97. The van der Waals surface area contributed by atoms with Crippen LogP contribution in [0.15, 0.2) is 33.7 Å². The number of benzene rings is 1. The maximum atomic E-state index is 10.7. The normalized spacial score (nSPS) is 10.1. The number of nitro groups is 1. The second-order valence-corrected chi connectivity index (χ2v) is 5.04. The zero-order valence-corrected chi connectivity index (χ0v) is 11.5. The van der Waals surface area contributed by atoms with E-state index in [1.807, 2.05) is 6.07 Å². The summed E-state index contributed by atoms with van der Waals surface area (Å²) in [5.41, 5.74) is 0.930. The van der Waals surface area contributed by atoms with Crippen LogP contribution >= 0.6 is 31.9 Å². The molecule has 0 unspecified atom stereocenters. The fourth-order valence-electron chi connectivity index (χ4n) is 1.18. The molecule has 0 saturated carbocycles. The Morgan fingerprint density at radius 1 is 1.56 bits per heavy atom. The maximum Gasteiger partial charge on any atom is 0.283 e. The average molecular weight is 350 g/mol. The van der Waals surface area contributed by atoms with Crippen LogP contribution in [0.25, 0.3) is 0 Å². The summed E-state index contributed by atoms with van der Waals surface area (Å²) in [6.45, 7) is 4.86. The summed E-state index contributed by atoms with van der Waals surface area (Å²) in [5.74, 6) is 0. The Kier molecular flexibility index (Phi) is 5.11. The van der Waals surface area contributed by atoms with Crippen molar-refractivity contribution in [2.24, 2.45) is 0 Å². The van der Waals surface area contributed by atoms with Crippen LogP contribution in [0.1, 0.15) is 5.56 Å². The molecular weight excluding hydrogens is 340 g/mol. The first-order chi connectivity index (χ1) is 7.52. The molecule has 0 fully saturated rings. The Morgan fingerprint density at radius 3 is 2.81 bits per heavy atom. The Balaban J connectivity index is 2.77. The number of nitro benzene ring substituents is 1. The minimum Gasteiger partial charge on any atom is -0.308 e. The number of nitrogens with one attached hydrogen (secondary N) is 1. The third-order valence-electron chi connectivity index (χ3n) is 1.89. The van der Waals surface area contributed by atoms with Gasteiger partial charge in [-0.25, -0.2) is 0 Å². The van der Waals surface area contributed by atoms with Crippen LogP contribution in [0.3, 0.4) is 0 Å². The van der Waals surface area contributed by atoms with Gasteiger partial charge in [0.25, 0.3) is 5.69 Å². The molecule has 0 spiro atoms. The lowest BCUT2D eigenvalue weighted by Crippen LogP contribution is -2.14. The molecule has 1 rings (SSSR count). The first kappa shape index (κ1) is 13.3. The highest BCUT2D eigenvalue weighted by atomic mass is 79.9. The van der Waals surface area contributed by atoms with Gasteiger partial charge in [-0.3, -0.25) is 10.1 Å². The molecule has 16 heavy (non-hydrogen) atoms. The Labute approximate surface area is 110 Å². The summed E-state index contributed by atoms with van der Waals surface area (Å²) in [6.07, 6.45) is 0. The number of nitrogens with zero attached hydrogens (tertiary/aromatic N) is 1. The van der Waals surface area contributed by atoms with Gasteiger partial charge in [-0.1, -0.05) is 34.6 Å². The van der Waals surface area contributed by atoms with E-state index in [4.69, 9.17) is 0 Å². The number of hydrogen-bond acceptors (Lipinski definition) is 3. The van der Waals surface area contributed by atoms with E-state index in [-0.39, 0.29) is 5.69 Å². The standard InChI is InChI=1S/C10H10Br2N2O2/c1-7(11)5-13-6-8-3-2-4-9(10(8)12)14(15)16/h2-4,13H,1,5-6H2. The Bertz CT molecular complexity index is 421. The Morgan fingerprint density at radius 2 is 2.25 bits per heavy atom. The summed E-state index contributed by atoms with van der Waals surface area (Å²) < 4.78 is 1.36. The third kappa shape index (κ3) is 3.70. The number of rotatable bonds is 5. The van der Waals surface area contributed by atoms with Crippen LogP contribution in [-0.2, 0) is 6.54 Å². The van der Waals surface area contributed by atoms with Crippen molar-refractivity contribution in [2.45, 2.75) is 6.54 Å². The molecule has 0 heterocycles. The van der Waals surface area contributed by atoms with Crippen LogP contribution in [0.2, 0.25) is 0 Å². The van der Waals surface area contributed by atoms with E-state index in [2.05, 4.69) is 43.8 Å². The SMILES string of the molecule is C=C(Br)CNCc1cccc([N+](=O)[O-])c1Br. The zero-order chi connectivity index (χ0) is 12.1. The lowest BCUT2D eigenvalue weighted by molar-refractivity contribution is -0.385. The van der Waals surface area contributed by atoms with Crippen molar-refractivity contribution in [1.29, 1.82) is 0 Å². The summed E-state index contributed by atoms with van der Waals surface area (Å²) in [7, 11) is 0. The van der Waals surface area contributed by atoms with Crippen LogP contribution < -0.4 is 5.32 Å². The molecule has 0 aromatic heterocycles. The highest BCUT2D eigenvalue weighted by molar-refractivity contribution is 9.11. The van der Waals surface area contributed by atoms with Crippen molar-refractivity contribution in [1.82, 2.24) is 5.32 Å². The van der Waals surface area contributed by atoms with E-state index in [9.17, 15) is 10.1 Å². The van der Waals surface area contributed by atoms with E-state index in [0.29, 0.717) is 17.6 Å². The molecule has 0 bridgehead atoms. The minimum atomic E-state index is -0.406. The topological polar surface area (TPSA) is 55.2 Å². The summed E-state index contributed by atoms with van der Waals surface area (Å²) >= 11 is 6.46. The zero-order valence-electron chi connectivity index (χ0n) is 8.37. The fraction of sp³-hybridized carbons (Fsp3) is 0.200. The van der Waals surface area contributed by atoms with Crippen molar-refractivity contribution in [3.63, 3.8) is 0 Å². The number of halogens is 2. The van der Waals surface area contributed by atoms with Crippen molar-refractivity contribution in [3.8, 4) is 0 Å². The van der Waals surface area contributed by atoms with Crippen molar-refractivity contribution in [3.05, 3.63) is 49.4 Å². The molecule has 0 radical (unpaired) electrons. The van der Waals surface area contributed by atoms with Gasteiger partial charge in [-0.15, -0.1) is 0 Å². The fourth-order valence-corrected chi connectivity index (χ4v) is 1.92. The average Bonchev–Trinajstić information content (AvgIpc) is 2.19. The molecule has 1 aromatic rings. The van der Waals surface area contributed by atoms with Gasteiger partial charge in [0.05, 0.1) is 9.40 Å². The van der Waals surface area contributed by atoms with E-state index in [0.717, 1.165) is 10.0 Å². The van der Waals surface area contributed by atoms with Crippen molar-refractivity contribution < 1.29 is 4.92 Å². The molecule has 1 aromatic carbocycles. The number of hydrogen-bond donors (Lipinski definition) is 1. The van der Waals surface area contributed by atoms with Gasteiger partial charge in [0, 0.05) is 23.6 Å². The predicted molar refractivity (Wildman–Crippen MR) is 70.6 cm³/mol. The van der Waals surface area contributed by atoms with Gasteiger partial charge in [0.15, 0.2) is 0 Å². The van der Waals surface area contributed by atoms with E-state index < -0.39 is 4.92 Å². The molecule has 0 aliphatic rings. The molecule has 4 nitrogen and oxygen atoms in total. The third-order valence-corrected chi connectivity index (χ3v) is 3.08. The van der Waals surface area contributed by atoms with Gasteiger partial charge in [0.1, 0.15) is 0 Å². The van der Waals surface area contributed by atoms with Gasteiger partial charge in [0.2, 0.25) is 0 Å². The molecule has 0 aliphatic carbocycles. The quantitative estimate of drug-likeness (QED) is 0.655. The van der Waals surface area contributed by atoms with E-state index >= 15 is 0 Å². The lowest BCUT2D eigenvalue weighted by Gasteiger charge is -2.06. The molecule has 0 aliphatic heterocycles. The lowest BCUT2D eigenvalue weighted by atomic mass is 10.2. The van der Waals surface area contributed by atoms with Gasteiger partial charge < -0.3 is 5.32 Å². The second-order valence-electron chi connectivity index (χ2n) is 3.13. The van der Waals surface area contributed by atoms with Crippen LogP contribution in [0.4, 0.5) is 5.69 Å². The second kappa shape index (κ2) is 6.12. The van der Waals surface area contributed by atoms with Crippen molar-refractivity contribution >= 4 is 37.5 Å². The largest absolute Gasteiger partial charge is 0.308 e. The van der Waals surface area contributed by atoms with Crippen molar-refractivity contribution in [2.75, 3.05) is 6.54 Å². The van der Waals surface area contributed by atoms with Crippen LogP contribution in [0.5, 0.6) is 0 Å². The molecule has 0 amide bonds. The molecule has 0 saturated heterocycles. The molecule has 0 atom stereocenters. The summed E-state index contributed by atoms with van der Waals surface area (Å²) in [5, 5.41) is 13.8. The monoisotopic (exact) mass is 348 g/mol. The first-order valence-corrected chi connectivity index (χ1v) is 6.06. The van der Waals surface area contributed by atoms with Crippen LogP contribution in [-0.4, -0.2) is 11.5 Å². The predicted octanol–water partition coefficient (Wildman–Crippen LogP) is 3.36. The summed E-state index contributed by atoms with van der Waals surface area (Å²) in [4.78, 5) is 10.3. The van der Waals surface area contributed by atoms with Gasteiger partial charge >= 0.3 is 0 Å². The van der Waals surface area contributed by atoms with E-state index in [1.165, 1.54) is 6.07 Å². The minimum absolute atomic E-state index is 0.0805. The highest BCUT2D eigenvalue weighted by Gasteiger charge is 2.14. The smallest absolute Gasteiger partial charge is 0.283 e. The highest BCUT2D eigenvalue weighted by Crippen LogP contribution is 2.28.